The van der Waals surface area contributed by atoms with Crippen molar-refractivity contribution in [2.45, 2.75) is 38.3 Å². The fraction of sp³-hybridized carbons (Fsp3) is 0.667. The van der Waals surface area contributed by atoms with E-state index in [0.717, 1.165) is 51.0 Å². The van der Waals surface area contributed by atoms with Gasteiger partial charge in [0.05, 0.1) is 0 Å². The number of rotatable bonds is 6. The van der Waals surface area contributed by atoms with Gasteiger partial charge in [0.15, 0.2) is 0 Å². The molecule has 0 bridgehead atoms. The average Bonchev–Trinajstić information content (AvgIpc) is 2.59. The number of pyridine rings is 1. The number of nitrogen functional groups attached to an aromatic ring is 1. The molecule has 6 nitrogen and oxygen atoms in total. The second-order valence-electron chi connectivity index (χ2n) is 6.87. The van der Waals surface area contributed by atoms with Crippen molar-refractivity contribution in [3.05, 3.63) is 23.9 Å². The predicted molar refractivity (Wildman–Crippen MR) is 93.3 cm³/mol. The number of carbonyl (C=O) groups excluding carboxylic acids is 1. The number of methoxy groups -OCH3 is 1. The van der Waals surface area contributed by atoms with Crippen LogP contribution in [0.2, 0.25) is 0 Å². The van der Waals surface area contributed by atoms with Gasteiger partial charge in [0.25, 0.3) is 0 Å². The lowest BCUT2D eigenvalue weighted by Gasteiger charge is -2.47. The summed E-state index contributed by atoms with van der Waals surface area (Å²) >= 11 is 0. The van der Waals surface area contributed by atoms with Gasteiger partial charge in [-0.1, -0.05) is 6.07 Å². The Morgan fingerprint density at radius 2 is 2.29 bits per heavy atom. The number of ether oxygens (including phenoxy) is 1. The Bertz CT molecular complexity index is 566. The van der Waals surface area contributed by atoms with Crippen LogP contribution in [0.25, 0.3) is 0 Å². The maximum atomic E-state index is 12.3. The van der Waals surface area contributed by atoms with Gasteiger partial charge in [-0.05, 0) is 31.2 Å². The molecule has 3 rings (SSSR count). The van der Waals surface area contributed by atoms with Crippen LogP contribution in [0.4, 0.5) is 5.82 Å². The van der Waals surface area contributed by atoms with E-state index in [-0.39, 0.29) is 0 Å². The molecule has 2 atom stereocenters. The summed E-state index contributed by atoms with van der Waals surface area (Å²) in [7, 11) is 1.71. The Kier molecular flexibility index (Phi) is 5.68. The molecule has 1 aromatic rings. The van der Waals surface area contributed by atoms with Crippen molar-refractivity contribution in [2.24, 2.45) is 5.92 Å². The second-order valence-corrected chi connectivity index (χ2v) is 6.87. The fourth-order valence-electron chi connectivity index (χ4n) is 4.07. The predicted octanol–water partition coefficient (Wildman–Crippen LogP) is 1.51. The number of carbonyl (C=O) groups is 1. The van der Waals surface area contributed by atoms with Crippen molar-refractivity contribution in [3.8, 4) is 0 Å². The standard InChI is InChI=1S/C18H28N4O2/c1-24-11-3-9-22-16-7-10-21(12-14(16)5-6-17(22)23)13-15-4-2-8-20-18(15)19/h2,4,8,14,16H,3,5-7,9-13H2,1H3,(H2,19,20). The largest absolute Gasteiger partial charge is 0.385 e. The van der Waals surface area contributed by atoms with Gasteiger partial charge in [0.2, 0.25) is 5.91 Å². The summed E-state index contributed by atoms with van der Waals surface area (Å²) in [5, 5.41) is 0. The topological polar surface area (TPSA) is 71.7 Å². The van der Waals surface area contributed by atoms with Gasteiger partial charge < -0.3 is 15.4 Å². The average molecular weight is 332 g/mol. The molecule has 2 aliphatic rings. The molecule has 132 valence electrons. The van der Waals surface area contributed by atoms with Crippen molar-refractivity contribution in [1.82, 2.24) is 14.8 Å². The Hall–Kier alpha value is -1.66. The molecule has 0 saturated carbocycles. The Morgan fingerprint density at radius 1 is 1.42 bits per heavy atom. The van der Waals surface area contributed by atoms with E-state index in [2.05, 4.69) is 20.9 Å². The van der Waals surface area contributed by atoms with Crippen LogP contribution in [0.5, 0.6) is 0 Å². The van der Waals surface area contributed by atoms with Crippen LogP contribution < -0.4 is 5.73 Å². The number of fused-ring (bicyclic) bond motifs is 1. The molecule has 0 aromatic carbocycles. The molecule has 2 N–H and O–H groups in total. The van der Waals surface area contributed by atoms with Crippen molar-refractivity contribution in [1.29, 1.82) is 0 Å². The molecule has 2 unspecified atom stereocenters. The van der Waals surface area contributed by atoms with Crippen LogP contribution in [-0.2, 0) is 16.1 Å². The van der Waals surface area contributed by atoms with Gasteiger partial charge in [-0.15, -0.1) is 0 Å². The number of nitrogens with zero attached hydrogens (tertiary/aromatic N) is 3. The van der Waals surface area contributed by atoms with Crippen LogP contribution in [0.1, 0.15) is 31.2 Å². The summed E-state index contributed by atoms with van der Waals surface area (Å²) in [6.07, 6.45) is 5.38. The molecular weight excluding hydrogens is 304 g/mol. The van der Waals surface area contributed by atoms with Gasteiger partial charge in [0, 0.05) is 64.1 Å². The fourth-order valence-corrected chi connectivity index (χ4v) is 4.07. The summed E-state index contributed by atoms with van der Waals surface area (Å²) in [5.74, 6) is 1.51. The zero-order valence-corrected chi connectivity index (χ0v) is 14.5. The molecule has 2 fully saturated rings. The van der Waals surface area contributed by atoms with Gasteiger partial charge >= 0.3 is 0 Å². The molecule has 2 saturated heterocycles. The van der Waals surface area contributed by atoms with E-state index in [4.69, 9.17) is 10.5 Å². The number of amides is 1. The maximum absolute atomic E-state index is 12.3. The van der Waals surface area contributed by atoms with E-state index in [1.807, 2.05) is 6.07 Å². The minimum atomic E-state index is 0.317. The van der Waals surface area contributed by atoms with Crippen LogP contribution >= 0.6 is 0 Å². The lowest BCUT2D eigenvalue weighted by Crippen LogP contribution is -2.56. The monoisotopic (exact) mass is 332 g/mol. The second kappa shape index (κ2) is 7.94. The van der Waals surface area contributed by atoms with E-state index < -0.39 is 0 Å². The molecule has 0 aliphatic carbocycles. The van der Waals surface area contributed by atoms with Crippen molar-refractivity contribution < 1.29 is 9.53 Å². The first kappa shape index (κ1) is 17.2. The number of likely N-dealkylation sites (tertiary alicyclic amines) is 2. The number of nitrogens with two attached hydrogens (primary N) is 1. The highest BCUT2D eigenvalue weighted by molar-refractivity contribution is 5.77. The van der Waals surface area contributed by atoms with E-state index in [1.165, 1.54) is 0 Å². The number of aromatic nitrogens is 1. The Morgan fingerprint density at radius 3 is 3.08 bits per heavy atom. The lowest BCUT2D eigenvalue weighted by molar-refractivity contribution is -0.141. The Balaban J connectivity index is 1.60. The van der Waals surface area contributed by atoms with Crippen molar-refractivity contribution in [2.75, 3.05) is 39.1 Å². The summed E-state index contributed by atoms with van der Waals surface area (Å²) in [5.41, 5.74) is 7.07. The zero-order chi connectivity index (χ0) is 16.9. The molecule has 1 aromatic heterocycles. The summed E-state index contributed by atoms with van der Waals surface area (Å²) in [4.78, 5) is 21.1. The Labute approximate surface area is 144 Å². The molecule has 6 heteroatoms. The molecule has 0 radical (unpaired) electrons. The minimum absolute atomic E-state index is 0.317. The number of piperidine rings is 2. The number of anilines is 1. The SMILES string of the molecule is COCCCN1C(=O)CCC2CN(Cc3cccnc3N)CCC21. The summed E-state index contributed by atoms with van der Waals surface area (Å²) < 4.78 is 5.13. The third-order valence-electron chi connectivity index (χ3n) is 5.30. The lowest BCUT2D eigenvalue weighted by atomic mass is 9.83. The molecule has 2 aliphatic heterocycles. The zero-order valence-electron chi connectivity index (χ0n) is 14.5. The van der Waals surface area contributed by atoms with Crippen LogP contribution in [0.3, 0.4) is 0 Å². The summed E-state index contributed by atoms with van der Waals surface area (Å²) in [6, 6.07) is 4.39. The van der Waals surface area contributed by atoms with Gasteiger partial charge in [-0.2, -0.15) is 0 Å². The quantitative estimate of drug-likeness (QED) is 0.800. The number of hydrogen-bond donors (Lipinski definition) is 1. The van der Waals surface area contributed by atoms with E-state index in [1.54, 1.807) is 13.3 Å². The van der Waals surface area contributed by atoms with Crippen LogP contribution in [0, 0.1) is 5.92 Å². The molecule has 1 amide bonds. The molecule has 24 heavy (non-hydrogen) atoms. The molecule has 3 heterocycles. The van der Waals surface area contributed by atoms with Gasteiger partial charge in [-0.3, -0.25) is 9.69 Å². The normalized spacial score (nSPS) is 24.9. The van der Waals surface area contributed by atoms with E-state index >= 15 is 0 Å². The summed E-state index contributed by atoms with van der Waals surface area (Å²) in [6.45, 7) is 4.42. The van der Waals surface area contributed by atoms with Gasteiger partial charge in [0.1, 0.15) is 5.82 Å². The molecule has 0 spiro atoms. The molecular formula is C18H28N4O2. The maximum Gasteiger partial charge on any atom is 0.222 e. The van der Waals surface area contributed by atoms with Crippen LogP contribution in [0.15, 0.2) is 18.3 Å². The first-order valence-corrected chi connectivity index (χ1v) is 8.89. The highest BCUT2D eigenvalue weighted by Gasteiger charge is 2.38. The smallest absolute Gasteiger partial charge is 0.222 e. The first-order valence-electron chi connectivity index (χ1n) is 8.89. The van der Waals surface area contributed by atoms with E-state index in [9.17, 15) is 4.79 Å². The first-order chi connectivity index (χ1) is 11.7. The van der Waals surface area contributed by atoms with Crippen molar-refractivity contribution in [3.63, 3.8) is 0 Å². The van der Waals surface area contributed by atoms with E-state index in [0.29, 0.717) is 36.7 Å². The van der Waals surface area contributed by atoms with Crippen LogP contribution in [-0.4, -0.2) is 60.1 Å². The van der Waals surface area contributed by atoms with Crippen molar-refractivity contribution >= 4 is 11.7 Å². The van der Waals surface area contributed by atoms with Gasteiger partial charge in [-0.25, -0.2) is 4.98 Å². The highest BCUT2D eigenvalue weighted by Crippen LogP contribution is 2.32. The highest BCUT2D eigenvalue weighted by atomic mass is 16.5. The third-order valence-corrected chi connectivity index (χ3v) is 5.30. The third kappa shape index (κ3) is 3.87. The minimum Gasteiger partial charge on any atom is -0.385 e. The number of hydrogen-bond acceptors (Lipinski definition) is 5.